The van der Waals surface area contributed by atoms with Crippen LogP contribution in [0.3, 0.4) is 0 Å². The van der Waals surface area contributed by atoms with Crippen LogP contribution in [0.15, 0.2) is 30.5 Å². The maximum Gasteiger partial charge on any atom is 0.421 e. The van der Waals surface area contributed by atoms with Crippen molar-refractivity contribution in [1.29, 1.82) is 0 Å². The first kappa shape index (κ1) is 30.0. The Morgan fingerprint density at radius 3 is 2.33 bits per heavy atom. The first-order valence-corrected chi connectivity index (χ1v) is 14.0. The fourth-order valence-electron chi connectivity index (χ4n) is 5.94. The van der Waals surface area contributed by atoms with E-state index in [4.69, 9.17) is 5.21 Å². The lowest BCUT2D eigenvalue weighted by Crippen LogP contribution is -2.44. The minimum atomic E-state index is -4.55. The van der Waals surface area contributed by atoms with Crippen LogP contribution in [0, 0.1) is 11.8 Å². The highest BCUT2D eigenvalue weighted by molar-refractivity contribution is 5.94. The molecule has 2 aromatic rings. The molecule has 1 saturated heterocycles. The third kappa shape index (κ3) is 7.41. The van der Waals surface area contributed by atoms with Gasteiger partial charge in [-0.15, -0.1) is 0 Å². The molecule has 0 spiro atoms. The van der Waals surface area contributed by atoms with Gasteiger partial charge in [-0.2, -0.15) is 18.2 Å². The van der Waals surface area contributed by atoms with Crippen molar-refractivity contribution < 1.29 is 23.2 Å². The molecule has 1 aliphatic heterocycles. The van der Waals surface area contributed by atoms with Crippen LogP contribution >= 0.6 is 0 Å². The Morgan fingerprint density at radius 1 is 1.05 bits per heavy atom. The Balaban J connectivity index is 0.00000181. The summed E-state index contributed by atoms with van der Waals surface area (Å²) in [6, 6.07) is 7.12. The SMILES string of the molecule is CN1CCC(N(C)C(=O)c2ccc(Nc3ncc(C(F)(F)F)c(NC4CCCCC4C4CC4)n3)cc2)CC1.NO. The number of carbonyl (C=O) groups excluding carboxylic acids is 1. The van der Waals surface area contributed by atoms with E-state index in [-0.39, 0.29) is 29.8 Å². The van der Waals surface area contributed by atoms with Crippen molar-refractivity contribution in [3.8, 4) is 0 Å². The molecule has 2 atom stereocenters. The van der Waals surface area contributed by atoms with Gasteiger partial charge in [-0.05, 0) is 94.8 Å². The Labute approximate surface area is 233 Å². The summed E-state index contributed by atoms with van der Waals surface area (Å²) in [5.41, 5.74) is 0.319. The number of hydrogen-bond acceptors (Lipinski definition) is 8. The molecule has 9 nitrogen and oxygen atoms in total. The molecule has 2 unspecified atom stereocenters. The fraction of sp³-hybridized carbons (Fsp3) is 0.607. The molecule has 220 valence electrons. The standard InChI is InChI=1S/C28H37F3N6O.H3NO/c1-36-15-13-21(14-16-36)37(2)26(38)19-9-11-20(12-10-19)33-27-32-17-23(28(29,30)31)25(35-27)34-24-6-4-3-5-22(24)18-7-8-18;1-2/h9-12,17-18,21-22,24H,3-8,13-16H2,1-2H3,(H2,32,33,34,35);2H,1H2. The molecule has 3 fully saturated rings. The number of alkyl halides is 3. The number of likely N-dealkylation sites (tertiary alicyclic amines) is 1. The third-order valence-electron chi connectivity index (χ3n) is 8.41. The molecule has 12 heteroatoms. The quantitative estimate of drug-likeness (QED) is 0.343. The number of benzene rings is 1. The number of piperidine rings is 1. The van der Waals surface area contributed by atoms with Crippen molar-refractivity contribution in [3.63, 3.8) is 0 Å². The summed E-state index contributed by atoms with van der Waals surface area (Å²) < 4.78 is 41.4. The van der Waals surface area contributed by atoms with E-state index in [1.165, 1.54) is 0 Å². The lowest BCUT2D eigenvalue weighted by atomic mass is 9.81. The van der Waals surface area contributed by atoms with Gasteiger partial charge in [0, 0.05) is 36.6 Å². The van der Waals surface area contributed by atoms with Gasteiger partial charge in [0.2, 0.25) is 5.95 Å². The highest BCUT2D eigenvalue weighted by Crippen LogP contribution is 2.45. The molecule has 2 saturated carbocycles. The second-order valence-electron chi connectivity index (χ2n) is 11.1. The van der Waals surface area contributed by atoms with Crippen LogP contribution in [-0.4, -0.2) is 70.2 Å². The first-order chi connectivity index (χ1) is 19.2. The number of hydrogen-bond donors (Lipinski definition) is 4. The summed E-state index contributed by atoms with van der Waals surface area (Å²) in [5.74, 6) is 4.39. The maximum absolute atomic E-state index is 13.8. The van der Waals surface area contributed by atoms with Crippen LogP contribution < -0.4 is 16.5 Å². The molecule has 1 aromatic heterocycles. The maximum atomic E-state index is 13.8. The third-order valence-corrected chi connectivity index (χ3v) is 8.41. The Kier molecular flexibility index (Phi) is 9.85. The molecule has 5 N–H and O–H groups in total. The van der Waals surface area contributed by atoms with Crippen LogP contribution in [0.5, 0.6) is 0 Å². The van der Waals surface area contributed by atoms with E-state index in [9.17, 15) is 18.0 Å². The molecule has 40 heavy (non-hydrogen) atoms. The van der Waals surface area contributed by atoms with Gasteiger partial charge in [-0.25, -0.2) is 10.9 Å². The second-order valence-corrected chi connectivity index (χ2v) is 11.1. The fourth-order valence-corrected chi connectivity index (χ4v) is 5.94. The smallest absolute Gasteiger partial charge is 0.366 e. The van der Waals surface area contributed by atoms with Crippen LogP contribution in [0.1, 0.15) is 67.3 Å². The van der Waals surface area contributed by atoms with Crippen molar-refractivity contribution in [2.75, 3.05) is 37.8 Å². The van der Waals surface area contributed by atoms with Crippen molar-refractivity contribution in [3.05, 3.63) is 41.6 Å². The van der Waals surface area contributed by atoms with E-state index in [1.807, 2.05) is 11.9 Å². The van der Waals surface area contributed by atoms with E-state index in [0.29, 0.717) is 23.1 Å². The van der Waals surface area contributed by atoms with Crippen molar-refractivity contribution >= 4 is 23.4 Å². The largest absolute Gasteiger partial charge is 0.421 e. The average Bonchev–Trinajstić information content (AvgIpc) is 3.80. The molecule has 5 rings (SSSR count). The summed E-state index contributed by atoms with van der Waals surface area (Å²) >= 11 is 0. The van der Waals surface area contributed by atoms with Gasteiger partial charge in [0.1, 0.15) is 11.4 Å². The number of nitrogens with two attached hydrogens (primary N) is 1. The number of amides is 1. The Hall–Kier alpha value is -2.96. The monoisotopic (exact) mass is 563 g/mol. The molecule has 1 amide bonds. The average molecular weight is 564 g/mol. The van der Waals surface area contributed by atoms with Gasteiger partial charge in [0.15, 0.2) is 0 Å². The van der Waals surface area contributed by atoms with Crippen molar-refractivity contribution in [2.45, 2.75) is 69.6 Å². The van der Waals surface area contributed by atoms with Crippen molar-refractivity contribution in [1.82, 2.24) is 19.8 Å². The lowest BCUT2D eigenvalue weighted by molar-refractivity contribution is -0.137. The van der Waals surface area contributed by atoms with Crippen LogP contribution in [0.25, 0.3) is 0 Å². The van der Waals surface area contributed by atoms with Gasteiger partial charge in [0.25, 0.3) is 5.91 Å². The van der Waals surface area contributed by atoms with E-state index in [2.05, 4.69) is 38.4 Å². The zero-order valence-electron chi connectivity index (χ0n) is 23.1. The van der Waals surface area contributed by atoms with E-state index >= 15 is 0 Å². The molecule has 0 radical (unpaired) electrons. The topological polar surface area (TPSA) is 120 Å². The predicted octanol–water partition coefficient (Wildman–Crippen LogP) is 5.12. The second kappa shape index (κ2) is 13.1. The highest BCUT2D eigenvalue weighted by Gasteiger charge is 2.40. The van der Waals surface area contributed by atoms with Gasteiger partial charge >= 0.3 is 6.18 Å². The Bertz CT molecular complexity index is 1120. The minimum Gasteiger partial charge on any atom is -0.366 e. The molecule has 3 aliphatic rings. The van der Waals surface area contributed by atoms with Gasteiger partial charge in [0.05, 0.1) is 0 Å². The number of aromatic nitrogens is 2. The van der Waals surface area contributed by atoms with E-state index < -0.39 is 11.7 Å². The Morgan fingerprint density at radius 2 is 1.70 bits per heavy atom. The molecule has 1 aromatic carbocycles. The highest BCUT2D eigenvalue weighted by atomic mass is 19.4. The summed E-state index contributed by atoms with van der Waals surface area (Å²) in [6.45, 7) is 1.94. The van der Waals surface area contributed by atoms with Gasteiger partial charge in [-0.3, -0.25) is 4.79 Å². The zero-order chi connectivity index (χ0) is 28.9. The number of rotatable bonds is 7. The van der Waals surface area contributed by atoms with E-state index in [1.54, 1.807) is 24.3 Å². The van der Waals surface area contributed by atoms with Crippen molar-refractivity contribution in [2.24, 2.45) is 17.7 Å². The summed E-state index contributed by atoms with van der Waals surface area (Å²) in [6.07, 6.45) is 4.57. The van der Waals surface area contributed by atoms with Gasteiger partial charge < -0.3 is 25.6 Å². The van der Waals surface area contributed by atoms with E-state index in [0.717, 1.165) is 70.7 Å². The number of anilines is 3. The first-order valence-electron chi connectivity index (χ1n) is 14.0. The molecular formula is C28H40F3N7O2. The predicted molar refractivity (Wildman–Crippen MR) is 147 cm³/mol. The number of nitrogens with zero attached hydrogens (tertiary/aromatic N) is 4. The normalized spacial score (nSPS) is 22.2. The zero-order valence-corrected chi connectivity index (χ0v) is 23.1. The molecule has 0 bridgehead atoms. The summed E-state index contributed by atoms with van der Waals surface area (Å²) in [7, 11) is 3.93. The minimum absolute atomic E-state index is 0.00745. The number of nitrogens with one attached hydrogen (secondary N) is 2. The number of halogens is 3. The molecule has 2 heterocycles. The van der Waals surface area contributed by atoms with Crippen LogP contribution in [-0.2, 0) is 6.18 Å². The number of carbonyl (C=O) groups is 1. The van der Waals surface area contributed by atoms with Crippen LogP contribution in [0.4, 0.5) is 30.6 Å². The van der Waals surface area contributed by atoms with Gasteiger partial charge in [-0.1, -0.05) is 12.8 Å². The summed E-state index contributed by atoms with van der Waals surface area (Å²) in [4.78, 5) is 25.3. The molecular weight excluding hydrogens is 523 g/mol. The summed E-state index contributed by atoms with van der Waals surface area (Å²) in [5, 5.41) is 12.7. The van der Waals surface area contributed by atoms with Crippen LogP contribution in [0.2, 0.25) is 0 Å². The molecule has 2 aliphatic carbocycles. The lowest BCUT2D eigenvalue weighted by Gasteiger charge is -2.35.